The van der Waals surface area contributed by atoms with Crippen LogP contribution < -0.4 is 5.32 Å². The lowest BCUT2D eigenvalue weighted by molar-refractivity contribution is 0.591. The Labute approximate surface area is 130 Å². The molecule has 0 aliphatic carbocycles. The van der Waals surface area contributed by atoms with Gasteiger partial charge >= 0.3 is 0 Å². The molecule has 0 aliphatic heterocycles. The van der Waals surface area contributed by atoms with E-state index >= 15 is 0 Å². The van der Waals surface area contributed by atoms with E-state index < -0.39 is 0 Å². The summed E-state index contributed by atoms with van der Waals surface area (Å²) < 4.78 is 0. The number of rotatable bonds is 3. The van der Waals surface area contributed by atoms with Crippen LogP contribution in [-0.4, -0.2) is 0 Å². The highest BCUT2D eigenvalue weighted by Crippen LogP contribution is 2.30. The van der Waals surface area contributed by atoms with Crippen molar-refractivity contribution < 1.29 is 0 Å². The fourth-order valence-corrected chi connectivity index (χ4v) is 2.46. The van der Waals surface area contributed by atoms with E-state index in [2.05, 4.69) is 44.3 Å². The molecule has 0 saturated carbocycles. The Morgan fingerprint density at radius 3 is 2.30 bits per heavy atom. The summed E-state index contributed by atoms with van der Waals surface area (Å²) in [6.07, 6.45) is 0. The van der Waals surface area contributed by atoms with Crippen LogP contribution >= 0.6 is 23.2 Å². The second-order valence-corrected chi connectivity index (χ2v) is 6.71. The van der Waals surface area contributed by atoms with Crippen LogP contribution in [0.15, 0.2) is 42.5 Å². The predicted molar refractivity (Wildman–Crippen MR) is 88.9 cm³/mol. The number of hydrogen-bond donors (Lipinski definition) is 1. The van der Waals surface area contributed by atoms with Gasteiger partial charge in [0.25, 0.3) is 0 Å². The van der Waals surface area contributed by atoms with Gasteiger partial charge in [0.1, 0.15) is 0 Å². The first kappa shape index (κ1) is 15.2. The van der Waals surface area contributed by atoms with Gasteiger partial charge in [-0.25, -0.2) is 0 Å². The number of benzene rings is 2. The zero-order valence-corrected chi connectivity index (χ0v) is 13.5. The first-order valence-corrected chi connectivity index (χ1v) is 7.41. The van der Waals surface area contributed by atoms with Gasteiger partial charge in [-0.3, -0.25) is 0 Å². The molecule has 0 heterocycles. The van der Waals surface area contributed by atoms with Gasteiger partial charge in [0, 0.05) is 12.2 Å². The van der Waals surface area contributed by atoms with Crippen molar-refractivity contribution in [1.29, 1.82) is 0 Å². The Morgan fingerprint density at radius 2 is 1.65 bits per heavy atom. The predicted octanol–water partition coefficient (Wildman–Crippen LogP) is 5.90. The maximum Gasteiger partial charge on any atom is 0.0595 e. The third-order valence-electron chi connectivity index (χ3n) is 3.20. The maximum absolute atomic E-state index is 6.04. The minimum absolute atomic E-state index is 0.112. The van der Waals surface area contributed by atoms with Gasteiger partial charge in [-0.2, -0.15) is 0 Å². The fourth-order valence-electron chi connectivity index (χ4n) is 2.14. The molecule has 106 valence electrons. The monoisotopic (exact) mass is 307 g/mol. The quantitative estimate of drug-likeness (QED) is 0.744. The van der Waals surface area contributed by atoms with Gasteiger partial charge in [-0.05, 0) is 34.7 Å². The first-order valence-electron chi connectivity index (χ1n) is 6.65. The molecule has 20 heavy (non-hydrogen) atoms. The van der Waals surface area contributed by atoms with Crippen LogP contribution in [0, 0.1) is 0 Å². The van der Waals surface area contributed by atoms with E-state index in [1.165, 1.54) is 5.56 Å². The smallest absolute Gasteiger partial charge is 0.0595 e. The van der Waals surface area contributed by atoms with Crippen molar-refractivity contribution in [2.24, 2.45) is 0 Å². The summed E-state index contributed by atoms with van der Waals surface area (Å²) in [5, 5.41) is 4.66. The van der Waals surface area contributed by atoms with Crippen molar-refractivity contribution in [1.82, 2.24) is 0 Å². The van der Waals surface area contributed by atoms with E-state index in [4.69, 9.17) is 23.2 Å². The largest absolute Gasteiger partial charge is 0.381 e. The molecule has 3 heteroatoms. The second kappa shape index (κ2) is 6.07. The highest BCUT2D eigenvalue weighted by molar-refractivity contribution is 6.42. The van der Waals surface area contributed by atoms with Gasteiger partial charge in [0.05, 0.1) is 10.0 Å². The molecule has 0 bridgehead atoms. The van der Waals surface area contributed by atoms with Crippen molar-refractivity contribution in [3.05, 3.63) is 63.6 Å². The summed E-state index contributed by atoms with van der Waals surface area (Å²) in [5.41, 5.74) is 3.69. The third-order valence-corrected chi connectivity index (χ3v) is 3.94. The highest BCUT2D eigenvalue weighted by Gasteiger charge is 2.17. The maximum atomic E-state index is 6.04. The van der Waals surface area contributed by atoms with Crippen LogP contribution in [0.25, 0.3) is 0 Å². The summed E-state index contributed by atoms with van der Waals surface area (Å²) >= 11 is 12.0. The fraction of sp³-hybridized carbons (Fsp3) is 0.294. The molecule has 2 aromatic carbocycles. The third kappa shape index (κ3) is 3.68. The van der Waals surface area contributed by atoms with Crippen molar-refractivity contribution in [3.8, 4) is 0 Å². The Balaban J connectivity index is 2.17. The Morgan fingerprint density at radius 1 is 0.950 bits per heavy atom. The molecule has 2 aromatic rings. The topological polar surface area (TPSA) is 12.0 Å². The highest BCUT2D eigenvalue weighted by atomic mass is 35.5. The Hall–Kier alpha value is -1.18. The molecule has 0 spiro atoms. The summed E-state index contributed by atoms with van der Waals surface area (Å²) in [6, 6.07) is 14.1. The zero-order chi connectivity index (χ0) is 14.8. The average Bonchev–Trinajstić information content (AvgIpc) is 2.39. The van der Waals surface area contributed by atoms with Crippen molar-refractivity contribution in [3.63, 3.8) is 0 Å². The van der Waals surface area contributed by atoms with E-state index in [0.29, 0.717) is 10.0 Å². The van der Waals surface area contributed by atoms with Gasteiger partial charge < -0.3 is 5.32 Å². The van der Waals surface area contributed by atoms with Crippen LogP contribution in [0.5, 0.6) is 0 Å². The Bertz CT molecular complexity index is 600. The summed E-state index contributed by atoms with van der Waals surface area (Å²) in [4.78, 5) is 0. The molecule has 0 aliphatic rings. The average molecular weight is 308 g/mol. The number of halogens is 2. The molecule has 0 unspecified atom stereocenters. The number of anilines is 1. The second-order valence-electron chi connectivity index (χ2n) is 5.90. The van der Waals surface area contributed by atoms with Gasteiger partial charge in [-0.1, -0.05) is 68.2 Å². The van der Waals surface area contributed by atoms with Crippen LogP contribution in [0.4, 0.5) is 5.69 Å². The lowest BCUT2D eigenvalue weighted by Gasteiger charge is -2.23. The standard InChI is InChI=1S/C17H19Cl2N/c1-17(2,3)13-6-4-5-7-16(13)20-11-12-8-9-14(18)15(19)10-12/h4-10,20H,11H2,1-3H3. The van der Waals surface area contributed by atoms with Crippen molar-refractivity contribution >= 4 is 28.9 Å². The van der Waals surface area contributed by atoms with E-state index in [0.717, 1.165) is 17.8 Å². The molecular formula is C17H19Cl2N. The minimum atomic E-state index is 0.112. The lowest BCUT2D eigenvalue weighted by atomic mass is 9.86. The number of para-hydroxylation sites is 1. The normalized spacial score (nSPS) is 11.4. The molecule has 2 rings (SSSR count). The van der Waals surface area contributed by atoms with Gasteiger partial charge in [0.15, 0.2) is 0 Å². The Kier molecular flexibility index (Phi) is 4.62. The molecule has 1 nitrogen and oxygen atoms in total. The molecular weight excluding hydrogens is 289 g/mol. The van der Waals surface area contributed by atoms with Gasteiger partial charge in [0.2, 0.25) is 0 Å². The van der Waals surface area contributed by atoms with Crippen molar-refractivity contribution in [2.45, 2.75) is 32.7 Å². The molecule has 0 aromatic heterocycles. The molecule has 0 amide bonds. The zero-order valence-electron chi connectivity index (χ0n) is 12.0. The van der Waals surface area contributed by atoms with E-state index in [1.54, 1.807) is 0 Å². The lowest BCUT2D eigenvalue weighted by Crippen LogP contribution is -2.14. The van der Waals surface area contributed by atoms with Crippen molar-refractivity contribution in [2.75, 3.05) is 5.32 Å². The van der Waals surface area contributed by atoms with Crippen LogP contribution in [0.1, 0.15) is 31.9 Å². The van der Waals surface area contributed by atoms with Crippen LogP contribution in [0.2, 0.25) is 10.0 Å². The number of hydrogen-bond acceptors (Lipinski definition) is 1. The van der Waals surface area contributed by atoms with E-state index in [-0.39, 0.29) is 5.41 Å². The van der Waals surface area contributed by atoms with E-state index in [9.17, 15) is 0 Å². The summed E-state index contributed by atoms with van der Waals surface area (Å²) in [7, 11) is 0. The SMILES string of the molecule is CC(C)(C)c1ccccc1NCc1ccc(Cl)c(Cl)c1. The minimum Gasteiger partial charge on any atom is -0.381 e. The molecule has 0 saturated heterocycles. The van der Waals surface area contributed by atoms with Crippen LogP contribution in [0.3, 0.4) is 0 Å². The molecule has 0 fully saturated rings. The molecule has 0 atom stereocenters. The van der Waals surface area contributed by atoms with E-state index in [1.807, 2.05) is 24.3 Å². The first-order chi connectivity index (χ1) is 9.38. The summed E-state index contributed by atoms with van der Waals surface area (Å²) in [5.74, 6) is 0. The number of nitrogens with one attached hydrogen (secondary N) is 1. The molecule has 0 radical (unpaired) electrons. The van der Waals surface area contributed by atoms with Gasteiger partial charge in [-0.15, -0.1) is 0 Å². The van der Waals surface area contributed by atoms with Crippen LogP contribution in [-0.2, 0) is 12.0 Å². The summed E-state index contributed by atoms with van der Waals surface area (Å²) in [6.45, 7) is 7.37. The molecule has 1 N–H and O–H groups in total.